The highest BCUT2D eigenvalue weighted by atomic mass is 32.2. The van der Waals surface area contributed by atoms with Crippen LogP contribution in [0.2, 0.25) is 0 Å². The first kappa shape index (κ1) is 17.4. The van der Waals surface area contributed by atoms with Crippen molar-refractivity contribution in [2.45, 2.75) is 18.6 Å². The lowest BCUT2D eigenvalue weighted by atomic mass is 9.90. The number of benzene rings is 1. The van der Waals surface area contributed by atoms with Crippen LogP contribution in [0, 0.1) is 11.6 Å². The molecule has 1 unspecified atom stereocenters. The lowest BCUT2D eigenvalue weighted by Gasteiger charge is -2.28. The van der Waals surface area contributed by atoms with Crippen LogP contribution in [-0.4, -0.2) is 41.2 Å². The third-order valence-electron chi connectivity index (χ3n) is 3.14. The molecule has 1 N–H and O–H groups in total. The summed E-state index contributed by atoms with van der Waals surface area (Å²) in [5, 5.41) is 14.6. The van der Waals surface area contributed by atoms with Crippen LogP contribution in [0.5, 0.6) is 0 Å². The molecule has 2 rings (SSSR count). The molecule has 1 aromatic carbocycles. The summed E-state index contributed by atoms with van der Waals surface area (Å²) in [7, 11) is -3.71. The second-order valence-electron chi connectivity index (χ2n) is 5.02. The molecule has 10 heteroatoms. The first-order chi connectivity index (χ1) is 10.7. The fourth-order valence-electron chi connectivity index (χ4n) is 2.11. The Hall–Kier alpha value is -1.91. The number of hydrogen-bond acceptors (Lipinski definition) is 6. The van der Waals surface area contributed by atoms with E-state index < -0.39 is 27.4 Å². The minimum Gasteiger partial charge on any atom is -0.383 e. The van der Waals surface area contributed by atoms with E-state index in [4.69, 9.17) is 0 Å². The lowest BCUT2D eigenvalue weighted by Crippen LogP contribution is -2.34. The Kier molecular flexibility index (Phi) is 5.07. The van der Waals surface area contributed by atoms with Crippen LogP contribution in [0.1, 0.15) is 12.0 Å². The molecule has 1 aromatic heterocycles. The molecular weight excluding hydrogens is 332 g/mol. The van der Waals surface area contributed by atoms with Crippen molar-refractivity contribution in [1.82, 2.24) is 14.8 Å². The van der Waals surface area contributed by atoms with Crippen LogP contribution >= 0.6 is 0 Å². The summed E-state index contributed by atoms with van der Waals surface area (Å²) >= 11 is 0. The van der Waals surface area contributed by atoms with Crippen LogP contribution < -0.4 is 0 Å². The average Bonchev–Trinajstić information content (AvgIpc) is 2.89. The molecular formula is C13H15F2N3O4S. The largest absolute Gasteiger partial charge is 0.383 e. The summed E-state index contributed by atoms with van der Waals surface area (Å²) in [6.45, 7) is -0.580. The van der Waals surface area contributed by atoms with E-state index in [0.29, 0.717) is 6.07 Å². The summed E-state index contributed by atoms with van der Waals surface area (Å²) in [5.41, 5.74) is -2.04. The third-order valence-corrected chi connectivity index (χ3v) is 3.73. The van der Waals surface area contributed by atoms with Gasteiger partial charge in [-0.05, 0) is 6.07 Å². The zero-order valence-corrected chi connectivity index (χ0v) is 13.0. The van der Waals surface area contributed by atoms with Crippen molar-refractivity contribution in [3.63, 3.8) is 0 Å². The van der Waals surface area contributed by atoms with Gasteiger partial charge >= 0.3 is 0 Å². The van der Waals surface area contributed by atoms with Gasteiger partial charge in [0.05, 0.1) is 19.4 Å². The third kappa shape index (κ3) is 4.78. The molecule has 0 spiro atoms. The standard InChI is InChI=1S/C13H15F2N3O4S/c1-23(20,21)22-5-4-13(19,7-18-9-16-8-17-18)11-3-2-10(14)6-12(11)15/h2-3,6,8-9,19H,4-5,7H2,1H3. The second kappa shape index (κ2) is 6.69. The zero-order chi connectivity index (χ0) is 17.1. The Morgan fingerprint density at radius 1 is 1.39 bits per heavy atom. The van der Waals surface area contributed by atoms with Crippen molar-refractivity contribution < 1.29 is 26.5 Å². The molecule has 0 aliphatic carbocycles. The molecule has 0 aliphatic heterocycles. The Bertz CT molecular complexity index is 768. The Balaban J connectivity index is 2.29. The van der Waals surface area contributed by atoms with Crippen molar-refractivity contribution >= 4 is 10.1 Å². The average molecular weight is 347 g/mol. The maximum absolute atomic E-state index is 14.0. The monoisotopic (exact) mass is 347 g/mol. The molecule has 1 atom stereocenters. The zero-order valence-electron chi connectivity index (χ0n) is 12.2. The molecule has 0 radical (unpaired) electrons. The molecule has 0 fully saturated rings. The molecule has 0 aliphatic rings. The first-order valence-electron chi connectivity index (χ1n) is 6.54. The quantitative estimate of drug-likeness (QED) is 0.745. The van der Waals surface area contributed by atoms with Crippen molar-refractivity contribution in [1.29, 1.82) is 0 Å². The van der Waals surface area contributed by atoms with Gasteiger partial charge < -0.3 is 5.11 Å². The predicted molar refractivity (Wildman–Crippen MR) is 75.7 cm³/mol. The van der Waals surface area contributed by atoms with Gasteiger partial charge in [0.15, 0.2) is 0 Å². The highest BCUT2D eigenvalue weighted by molar-refractivity contribution is 7.85. The topological polar surface area (TPSA) is 94.3 Å². The van der Waals surface area contributed by atoms with E-state index in [2.05, 4.69) is 14.3 Å². The van der Waals surface area contributed by atoms with Crippen LogP contribution in [0.3, 0.4) is 0 Å². The van der Waals surface area contributed by atoms with Crippen LogP contribution in [0.15, 0.2) is 30.9 Å². The van der Waals surface area contributed by atoms with Crippen LogP contribution in [0.4, 0.5) is 8.78 Å². The Labute approximate surface area is 131 Å². The number of aromatic nitrogens is 3. The van der Waals surface area contributed by atoms with E-state index >= 15 is 0 Å². The lowest BCUT2D eigenvalue weighted by molar-refractivity contribution is -0.00715. The van der Waals surface area contributed by atoms with E-state index in [-0.39, 0.29) is 25.1 Å². The normalized spacial score (nSPS) is 14.6. The van der Waals surface area contributed by atoms with Crippen LogP contribution in [0.25, 0.3) is 0 Å². The minimum absolute atomic E-state index is 0.188. The van der Waals surface area contributed by atoms with Crippen molar-refractivity contribution in [2.24, 2.45) is 0 Å². The summed E-state index contributed by atoms with van der Waals surface area (Å²) < 4.78 is 55.0. The molecule has 0 amide bonds. The Morgan fingerprint density at radius 2 is 2.13 bits per heavy atom. The number of rotatable bonds is 7. The van der Waals surface area contributed by atoms with Gasteiger partial charge in [-0.2, -0.15) is 13.5 Å². The second-order valence-corrected chi connectivity index (χ2v) is 6.67. The van der Waals surface area contributed by atoms with Crippen LogP contribution in [-0.2, 0) is 26.4 Å². The fourth-order valence-corrected chi connectivity index (χ4v) is 2.50. The predicted octanol–water partition coefficient (Wildman–Crippen LogP) is 0.810. The van der Waals surface area contributed by atoms with Gasteiger partial charge in [-0.1, -0.05) is 6.07 Å². The summed E-state index contributed by atoms with van der Waals surface area (Å²) in [6.07, 6.45) is 3.16. The molecule has 0 saturated carbocycles. The molecule has 23 heavy (non-hydrogen) atoms. The van der Waals surface area contributed by atoms with Gasteiger partial charge in [-0.15, -0.1) is 0 Å². The minimum atomic E-state index is -3.71. The maximum atomic E-state index is 14.0. The molecule has 0 bridgehead atoms. The highest BCUT2D eigenvalue weighted by Gasteiger charge is 2.33. The first-order valence-corrected chi connectivity index (χ1v) is 8.36. The SMILES string of the molecule is CS(=O)(=O)OCCC(O)(Cn1cncn1)c1ccc(F)cc1F. The number of nitrogens with zero attached hydrogens (tertiary/aromatic N) is 3. The van der Waals surface area contributed by atoms with Gasteiger partial charge in [0.1, 0.15) is 29.9 Å². The van der Waals surface area contributed by atoms with Gasteiger partial charge in [0, 0.05) is 18.1 Å². The van der Waals surface area contributed by atoms with Gasteiger partial charge in [0.25, 0.3) is 10.1 Å². The van der Waals surface area contributed by atoms with E-state index in [1.165, 1.54) is 17.3 Å². The van der Waals surface area contributed by atoms with Crippen molar-refractivity contribution in [3.05, 3.63) is 48.1 Å². The Morgan fingerprint density at radius 3 is 2.70 bits per heavy atom. The summed E-state index contributed by atoms with van der Waals surface area (Å²) in [4.78, 5) is 3.72. The molecule has 1 heterocycles. The molecule has 2 aromatic rings. The van der Waals surface area contributed by atoms with Crippen molar-refractivity contribution in [3.8, 4) is 0 Å². The van der Waals surface area contributed by atoms with E-state index in [1.807, 2.05) is 0 Å². The highest BCUT2D eigenvalue weighted by Crippen LogP contribution is 2.30. The molecule has 7 nitrogen and oxygen atoms in total. The smallest absolute Gasteiger partial charge is 0.264 e. The maximum Gasteiger partial charge on any atom is 0.264 e. The van der Waals surface area contributed by atoms with Crippen molar-refractivity contribution in [2.75, 3.05) is 12.9 Å². The van der Waals surface area contributed by atoms with E-state index in [0.717, 1.165) is 18.4 Å². The van der Waals surface area contributed by atoms with E-state index in [1.54, 1.807) is 0 Å². The fraction of sp³-hybridized carbons (Fsp3) is 0.385. The van der Waals surface area contributed by atoms with E-state index in [9.17, 15) is 22.3 Å². The number of halogens is 2. The molecule has 126 valence electrons. The molecule has 0 saturated heterocycles. The summed E-state index contributed by atoms with van der Waals surface area (Å²) in [5.74, 6) is -1.74. The van der Waals surface area contributed by atoms with Gasteiger partial charge in [-0.25, -0.2) is 18.4 Å². The van der Waals surface area contributed by atoms with Gasteiger partial charge in [-0.3, -0.25) is 4.18 Å². The summed E-state index contributed by atoms with van der Waals surface area (Å²) in [6, 6.07) is 2.74. The van der Waals surface area contributed by atoms with Gasteiger partial charge in [0.2, 0.25) is 0 Å². The number of hydrogen-bond donors (Lipinski definition) is 1. The number of aliphatic hydroxyl groups is 1.